The topological polar surface area (TPSA) is 111 Å². The minimum absolute atomic E-state index is 0.393. The van der Waals surface area contributed by atoms with Crippen LogP contribution in [-0.4, -0.2) is 34.4 Å². The molecule has 0 saturated heterocycles. The van der Waals surface area contributed by atoms with Crippen molar-refractivity contribution in [2.75, 3.05) is 33.1 Å². The molecule has 0 amide bonds. The van der Waals surface area contributed by atoms with E-state index in [1.54, 1.807) is 34.5 Å². The highest BCUT2D eigenvalue weighted by Crippen LogP contribution is 2.63. The predicted octanol–water partition coefficient (Wildman–Crippen LogP) is 16.0. The van der Waals surface area contributed by atoms with Crippen LogP contribution in [-0.2, 0) is 26.2 Å². The Balaban J connectivity index is 1.40. The number of hydrogen-bond acceptors (Lipinski definition) is 11. The lowest BCUT2D eigenvalue weighted by molar-refractivity contribution is 0.0735. The molecule has 1 aromatic heterocycles. The number of fused-ring (bicyclic) bond motifs is 9. The largest absolute Gasteiger partial charge is 0.497 e. The normalized spacial score (nSPS) is 15.4. The summed E-state index contributed by atoms with van der Waals surface area (Å²) in [6.45, 7) is 23.6. The van der Waals surface area contributed by atoms with Crippen LogP contribution in [0.2, 0.25) is 0 Å². The number of ether oxygens (including phenoxy) is 4. The first kappa shape index (κ1) is 47.8. The van der Waals surface area contributed by atoms with Gasteiger partial charge in [0.25, 0.3) is 0 Å². The fraction of sp³-hybridized carbons (Fsp3) is 0.339. The lowest BCUT2D eigenvalue weighted by Gasteiger charge is -2.42. The van der Waals surface area contributed by atoms with E-state index in [2.05, 4.69) is 88.3 Å². The molecule has 7 aromatic rings. The van der Waals surface area contributed by atoms with Crippen LogP contribution < -0.4 is 32.7 Å². The number of para-hydroxylation sites is 2. The molecule has 0 spiro atoms. The minimum atomic E-state index is -2.29. The predicted molar refractivity (Wildman–Crippen MR) is 277 cm³/mol. The first-order valence-electron chi connectivity index (χ1n) is 23.0. The molecule has 9 rings (SSSR count). The van der Waals surface area contributed by atoms with Gasteiger partial charge in [-0.25, -0.2) is 4.79 Å². The Morgan fingerprint density at radius 3 is 1.55 bits per heavy atom. The van der Waals surface area contributed by atoms with Crippen molar-refractivity contribution >= 4 is 56.0 Å². The molecule has 0 radical (unpaired) electrons. The lowest BCUT2D eigenvalue weighted by atomic mass is 9.75. The highest BCUT2D eigenvalue weighted by Gasteiger charge is 2.45. The van der Waals surface area contributed by atoms with Gasteiger partial charge in [-0.3, -0.25) is 4.67 Å². The first-order valence-corrected chi connectivity index (χ1v) is 25.2. The Morgan fingerprint density at radius 2 is 1.00 bits per heavy atom. The van der Waals surface area contributed by atoms with Crippen LogP contribution >= 0.6 is 16.8 Å². The zero-order chi connectivity index (χ0) is 49.5. The van der Waals surface area contributed by atoms with E-state index in [1.165, 1.54) is 0 Å². The van der Waals surface area contributed by atoms with E-state index in [0.29, 0.717) is 68.0 Å². The third-order valence-electron chi connectivity index (χ3n) is 13.0. The van der Waals surface area contributed by atoms with Gasteiger partial charge < -0.3 is 40.9 Å². The molecule has 13 heteroatoms. The number of carbonyl (C=O) groups is 1. The van der Waals surface area contributed by atoms with Crippen LogP contribution in [0.15, 0.2) is 105 Å². The molecule has 0 N–H and O–H groups in total. The Morgan fingerprint density at radius 1 is 0.522 bits per heavy atom. The SMILES string of the molecule is COc1cc(-c2cc(OC)cc3c2OP2OC(=O)c4ccccc4N2c2ccccc2C3(C)C)c(Op2oc3c(C(C)(C)C)cc(OC)cc3c3cc(OC)cc(C(C)(C)C)c3o2)c(C(C)(C)C)c1. The van der Waals surface area contributed by atoms with Crippen molar-refractivity contribution < 1.29 is 45.7 Å². The Bertz CT molecular complexity index is 3140. The Kier molecular flexibility index (Phi) is 12.0. The van der Waals surface area contributed by atoms with Crippen molar-refractivity contribution in [2.45, 2.75) is 97.8 Å². The summed E-state index contributed by atoms with van der Waals surface area (Å²) in [7, 11) is 2.25. The molecular formula is C56H61NO10P2. The quantitative estimate of drug-likeness (QED) is 0.142. The smallest absolute Gasteiger partial charge is 0.453 e. The van der Waals surface area contributed by atoms with Crippen molar-refractivity contribution in [2.24, 2.45) is 0 Å². The Labute approximate surface area is 407 Å². The van der Waals surface area contributed by atoms with E-state index in [1.807, 2.05) is 83.5 Å². The minimum Gasteiger partial charge on any atom is -0.497 e. The number of carbonyl (C=O) groups excluding carboxylic acids is 1. The Hall–Kier alpha value is -6.28. The monoisotopic (exact) mass is 969 g/mol. The zero-order valence-electron chi connectivity index (χ0n) is 42.2. The molecular weight excluding hydrogens is 909 g/mol. The number of hydrogen-bond donors (Lipinski definition) is 0. The molecule has 360 valence electrons. The summed E-state index contributed by atoms with van der Waals surface area (Å²) in [6, 6.07) is 31.6. The van der Waals surface area contributed by atoms with E-state index in [0.717, 1.165) is 44.3 Å². The average Bonchev–Trinajstić information content (AvgIpc) is 3.45. The van der Waals surface area contributed by atoms with Crippen LogP contribution in [0.3, 0.4) is 0 Å². The maximum absolute atomic E-state index is 13.9. The number of nitrogens with zero attached hydrogens (tertiary/aromatic N) is 1. The van der Waals surface area contributed by atoms with E-state index in [-0.39, 0.29) is 0 Å². The van der Waals surface area contributed by atoms with Crippen molar-refractivity contribution in [1.82, 2.24) is 0 Å². The fourth-order valence-corrected chi connectivity index (χ4v) is 11.9. The summed E-state index contributed by atoms with van der Waals surface area (Å²) in [5.74, 6) is 3.06. The average molecular weight is 970 g/mol. The number of methoxy groups -OCH3 is 4. The van der Waals surface area contributed by atoms with Crippen molar-refractivity contribution in [3.05, 3.63) is 130 Å². The van der Waals surface area contributed by atoms with Gasteiger partial charge in [0.2, 0.25) is 0 Å². The molecule has 2 aliphatic heterocycles. The highest BCUT2D eigenvalue weighted by atomic mass is 31.2. The maximum Gasteiger partial charge on any atom is 0.453 e. The highest BCUT2D eigenvalue weighted by molar-refractivity contribution is 7.51. The van der Waals surface area contributed by atoms with Crippen molar-refractivity contribution in [1.29, 1.82) is 0 Å². The molecule has 3 heterocycles. The van der Waals surface area contributed by atoms with Gasteiger partial charge in [0.1, 0.15) is 45.7 Å². The van der Waals surface area contributed by atoms with Crippen LogP contribution in [0.4, 0.5) is 11.4 Å². The summed E-state index contributed by atoms with van der Waals surface area (Å²) in [6.07, 6.45) is 0. The summed E-state index contributed by atoms with van der Waals surface area (Å²) in [4.78, 5) is 13.9. The number of benzene rings is 6. The molecule has 0 aliphatic carbocycles. The van der Waals surface area contributed by atoms with Crippen molar-refractivity contribution in [3.63, 3.8) is 0 Å². The number of rotatable bonds is 7. The molecule has 6 aromatic carbocycles. The van der Waals surface area contributed by atoms with E-state index in [4.69, 9.17) is 40.9 Å². The van der Waals surface area contributed by atoms with Crippen LogP contribution in [0.25, 0.3) is 33.1 Å². The van der Waals surface area contributed by atoms with Gasteiger partial charge in [-0.1, -0.05) is 106 Å². The van der Waals surface area contributed by atoms with Gasteiger partial charge >= 0.3 is 22.7 Å². The van der Waals surface area contributed by atoms with Crippen molar-refractivity contribution in [3.8, 4) is 45.6 Å². The second-order valence-electron chi connectivity index (χ2n) is 21.1. The first-order chi connectivity index (χ1) is 32.6. The van der Waals surface area contributed by atoms with Gasteiger partial charge in [-0.05, 0) is 88.5 Å². The standard InChI is InChI=1S/C56H61NO10P2/c1-53(2,3)42-28-32(59-12)24-37-38-25-33(60-13)29-43(54(4,5)6)49(38)65-69(64-48(37)42)66-50-39(26-34(61-14)30-44(50)55(7,8)9)40-27-35(62-15)31-45-51(40)63-68-57(46-22-18-16-20-36(46)52(58)67-68)47-23-19-17-21-41(47)56(45,10)11/h16-31H,1-15H3. The van der Waals surface area contributed by atoms with E-state index < -0.39 is 44.4 Å². The van der Waals surface area contributed by atoms with Gasteiger partial charge in [0.05, 0.1) is 45.4 Å². The molecule has 1 unspecified atom stereocenters. The molecule has 11 nitrogen and oxygen atoms in total. The third kappa shape index (κ3) is 8.42. The van der Waals surface area contributed by atoms with Gasteiger partial charge in [-0.2, -0.15) is 0 Å². The zero-order valence-corrected chi connectivity index (χ0v) is 44.0. The lowest BCUT2D eigenvalue weighted by Crippen LogP contribution is -2.31. The second kappa shape index (κ2) is 17.3. The molecule has 2 aliphatic rings. The molecule has 0 saturated carbocycles. The molecule has 0 fully saturated rings. The summed E-state index contributed by atoms with van der Waals surface area (Å²) < 4.78 is 61.7. The number of anilines is 2. The van der Waals surface area contributed by atoms with E-state index in [9.17, 15) is 4.79 Å². The third-order valence-corrected chi connectivity index (χ3v) is 15.4. The summed E-state index contributed by atoms with van der Waals surface area (Å²) in [5.41, 5.74) is 6.99. The molecule has 69 heavy (non-hydrogen) atoms. The van der Waals surface area contributed by atoms with Crippen LogP contribution in [0.1, 0.15) is 114 Å². The summed E-state index contributed by atoms with van der Waals surface area (Å²) in [5, 5.41) is 1.58. The second-order valence-corrected chi connectivity index (χ2v) is 23.4. The van der Waals surface area contributed by atoms with Crippen LogP contribution in [0, 0.1) is 0 Å². The molecule has 0 bridgehead atoms. The van der Waals surface area contributed by atoms with Gasteiger partial charge in [0.15, 0.2) is 0 Å². The van der Waals surface area contributed by atoms with Gasteiger partial charge in [0, 0.05) is 49.6 Å². The van der Waals surface area contributed by atoms with E-state index >= 15 is 0 Å². The van der Waals surface area contributed by atoms with Gasteiger partial charge in [-0.15, -0.1) is 0 Å². The summed E-state index contributed by atoms with van der Waals surface area (Å²) >= 11 is 0. The molecule has 1 atom stereocenters. The van der Waals surface area contributed by atoms with Crippen LogP contribution in [0.5, 0.6) is 34.5 Å². The maximum atomic E-state index is 13.9. The fourth-order valence-electron chi connectivity index (χ4n) is 9.26.